The Morgan fingerprint density at radius 2 is 2.11 bits per heavy atom. The van der Waals surface area contributed by atoms with Crippen molar-refractivity contribution in [3.05, 3.63) is 0 Å². The third-order valence-electron chi connectivity index (χ3n) is 4.48. The first-order valence-corrected chi connectivity index (χ1v) is 7.72. The number of rotatable bonds is 8. The Bertz CT molecular complexity index is 255. The van der Waals surface area contributed by atoms with Crippen molar-refractivity contribution >= 4 is 0 Å². The summed E-state index contributed by atoms with van der Waals surface area (Å²) in [5.41, 5.74) is 0.404. The lowest BCUT2D eigenvalue weighted by Gasteiger charge is -2.34. The summed E-state index contributed by atoms with van der Waals surface area (Å²) in [6.07, 6.45) is 6.49. The third-order valence-corrected chi connectivity index (χ3v) is 4.48. The van der Waals surface area contributed by atoms with E-state index in [2.05, 4.69) is 24.1 Å². The minimum Gasteiger partial charge on any atom is -0.396 e. The minimum absolute atomic E-state index is 0.362. The molecule has 2 unspecified atom stereocenters. The van der Waals surface area contributed by atoms with Gasteiger partial charge in [0.2, 0.25) is 0 Å². The van der Waals surface area contributed by atoms with Crippen molar-refractivity contribution in [2.45, 2.75) is 52.0 Å². The van der Waals surface area contributed by atoms with Gasteiger partial charge in [-0.15, -0.1) is 0 Å². The highest BCUT2D eigenvalue weighted by Crippen LogP contribution is 2.29. The second-order valence-electron chi connectivity index (χ2n) is 6.79. The fraction of sp³-hybridized carbons (Fsp3) is 1.00. The average molecular weight is 254 g/mol. The van der Waals surface area contributed by atoms with Gasteiger partial charge in [-0.1, -0.05) is 20.3 Å². The predicted molar refractivity (Wildman–Crippen MR) is 75.7 cm³/mol. The Hall–Kier alpha value is -0.120. The monoisotopic (exact) mass is 254 g/mol. The zero-order valence-electron chi connectivity index (χ0n) is 12.1. The average Bonchev–Trinajstić information content (AvgIpc) is 3.07. The second-order valence-corrected chi connectivity index (χ2v) is 6.79. The molecule has 0 amide bonds. The van der Waals surface area contributed by atoms with E-state index in [1.807, 2.05) is 0 Å². The summed E-state index contributed by atoms with van der Waals surface area (Å²) in [6, 6.07) is 0.810. The first kappa shape index (κ1) is 14.3. The summed E-state index contributed by atoms with van der Waals surface area (Å²) in [5, 5.41) is 12.9. The van der Waals surface area contributed by atoms with Crippen molar-refractivity contribution < 1.29 is 5.11 Å². The lowest BCUT2D eigenvalue weighted by molar-refractivity contribution is 0.159. The Kier molecular flexibility index (Phi) is 5.05. The largest absolute Gasteiger partial charge is 0.396 e. The highest BCUT2D eigenvalue weighted by atomic mass is 16.3. The molecule has 3 heteroatoms. The smallest absolute Gasteiger partial charge is 0.0471 e. The van der Waals surface area contributed by atoms with Crippen molar-refractivity contribution in [1.82, 2.24) is 10.2 Å². The van der Waals surface area contributed by atoms with Crippen LogP contribution in [0.25, 0.3) is 0 Å². The molecule has 1 saturated heterocycles. The first-order chi connectivity index (χ1) is 8.65. The minimum atomic E-state index is 0.362. The molecule has 3 nitrogen and oxygen atoms in total. The summed E-state index contributed by atoms with van der Waals surface area (Å²) in [7, 11) is 0. The number of hydrogen-bond donors (Lipinski definition) is 2. The first-order valence-electron chi connectivity index (χ1n) is 7.72. The van der Waals surface area contributed by atoms with Crippen LogP contribution >= 0.6 is 0 Å². The Morgan fingerprint density at radius 3 is 2.67 bits per heavy atom. The molecule has 2 aliphatic rings. The number of hydrogen-bond acceptors (Lipinski definition) is 3. The molecular weight excluding hydrogens is 224 g/mol. The van der Waals surface area contributed by atoms with Gasteiger partial charge in [-0.05, 0) is 43.6 Å². The summed E-state index contributed by atoms with van der Waals surface area (Å²) in [6.45, 7) is 9.70. The summed E-state index contributed by atoms with van der Waals surface area (Å²) in [5.74, 6) is 0.521. The van der Waals surface area contributed by atoms with Crippen LogP contribution in [0.1, 0.15) is 46.0 Å². The van der Waals surface area contributed by atoms with E-state index in [9.17, 15) is 5.11 Å². The second kappa shape index (κ2) is 6.36. The molecule has 2 fully saturated rings. The molecular formula is C15H30N2O. The molecule has 1 saturated carbocycles. The normalized spacial score (nSPS) is 28.5. The fourth-order valence-electron chi connectivity index (χ4n) is 3.25. The number of nitrogens with zero attached hydrogens (tertiary/aromatic N) is 1. The standard InChI is InChI=1S/C15H30N2O/c1-3-7-15(2,11-16-14-4-5-14)12-17-8-6-13(9-17)10-18/h13-14,16,18H,3-12H2,1-2H3. The van der Waals surface area contributed by atoms with E-state index >= 15 is 0 Å². The number of aliphatic hydroxyl groups excluding tert-OH is 1. The maximum Gasteiger partial charge on any atom is 0.0471 e. The van der Waals surface area contributed by atoms with Crippen LogP contribution in [0.15, 0.2) is 0 Å². The van der Waals surface area contributed by atoms with E-state index in [0.29, 0.717) is 17.9 Å². The predicted octanol–water partition coefficient (Wildman–Crippen LogP) is 1.86. The van der Waals surface area contributed by atoms with Crippen molar-refractivity contribution in [2.75, 3.05) is 32.8 Å². The molecule has 18 heavy (non-hydrogen) atoms. The molecule has 0 aromatic heterocycles. The van der Waals surface area contributed by atoms with Gasteiger partial charge in [0, 0.05) is 32.3 Å². The Morgan fingerprint density at radius 1 is 1.33 bits per heavy atom. The van der Waals surface area contributed by atoms with E-state index in [1.165, 1.54) is 45.2 Å². The van der Waals surface area contributed by atoms with Gasteiger partial charge in [-0.25, -0.2) is 0 Å². The van der Waals surface area contributed by atoms with Crippen LogP contribution < -0.4 is 5.32 Å². The van der Waals surface area contributed by atoms with Crippen LogP contribution in [0.4, 0.5) is 0 Å². The van der Waals surface area contributed by atoms with E-state index in [1.54, 1.807) is 0 Å². The highest BCUT2D eigenvalue weighted by molar-refractivity contribution is 4.88. The molecule has 2 rings (SSSR count). The van der Waals surface area contributed by atoms with Crippen molar-refractivity contribution in [1.29, 1.82) is 0 Å². The molecule has 106 valence electrons. The third kappa shape index (κ3) is 4.22. The van der Waals surface area contributed by atoms with Crippen LogP contribution in [0, 0.1) is 11.3 Å². The molecule has 2 N–H and O–H groups in total. The lowest BCUT2D eigenvalue weighted by Crippen LogP contribution is -2.42. The van der Waals surface area contributed by atoms with Crippen molar-refractivity contribution in [3.63, 3.8) is 0 Å². The van der Waals surface area contributed by atoms with Gasteiger partial charge in [-0.2, -0.15) is 0 Å². The SMILES string of the molecule is CCCC(C)(CNC1CC1)CN1CCC(CO)C1. The molecule has 0 radical (unpaired) electrons. The summed E-state index contributed by atoms with van der Waals surface area (Å²) < 4.78 is 0. The molecule has 1 aliphatic carbocycles. The van der Waals surface area contributed by atoms with Gasteiger partial charge < -0.3 is 15.3 Å². The molecule has 0 spiro atoms. The zero-order valence-corrected chi connectivity index (χ0v) is 12.1. The molecule has 0 aromatic carbocycles. The van der Waals surface area contributed by atoms with Crippen LogP contribution in [0.5, 0.6) is 0 Å². The number of nitrogens with one attached hydrogen (secondary N) is 1. The van der Waals surface area contributed by atoms with Crippen LogP contribution in [0.2, 0.25) is 0 Å². The molecule has 1 aliphatic heterocycles. The van der Waals surface area contributed by atoms with Crippen LogP contribution in [0.3, 0.4) is 0 Å². The summed E-state index contributed by atoms with van der Waals surface area (Å²) >= 11 is 0. The Balaban J connectivity index is 1.79. The molecule has 2 atom stereocenters. The van der Waals surface area contributed by atoms with E-state index in [-0.39, 0.29) is 0 Å². The highest BCUT2D eigenvalue weighted by Gasteiger charge is 2.32. The maximum atomic E-state index is 9.23. The fourth-order valence-corrected chi connectivity index (χ4v) is 3.25. The van der Waals surface area contributed by atoms with E-state index in [0.717, 1.165) is 19.1 Å². The topological polar surface area (TPSA) is 35.5 Å². The van der Waals surface area contributed by atoms with Crippen LogP contribution in [-0.2, 0) is 0 Å². The molecule has 0 aromatic rings. The van der Waals surface area contributed by atoms with Crippen LogP contribution in [-0.4, -0.2) is 48.8 Å². The van der Waals surface area contributed by atoms with Gasteiger partial charge in [0.15, 0.2) is 0 Å². The van der Waals surface area contributed by atoms with E-state index < -0.39 is 0 Å². The Labute approximate surface area is 112 Å². The molecule has 0 bridgehead atoms. The molecule has 1 heterocycles. The van der Waals surface area contributed by atoms with Gasteiger partial charge in [0.1, 0.15) is 0 Å². The quantitative estimate of drug-likeness (QED) is 0.694. The van der Waals surface area contributed by atoms with Crippen molar-refractivity contribution in [2.24, 2.45) is 11.3 Å². The lowest BCUT2D eigenvalue weighted by atomic mass is 9.84. The van der Waals surface area contributed by atoms with Gasteiger partial charge in [0.05, 0.1) is 0 Å². The number of likely N-dealkylation sites (tertiary alicyclic amines) is 1. The van der Waals surface area contributed by atoms with Gasteiger partial charge in [0.25, 0.3) is 0 Å². The van der Waals surface area contributed by atoms with Gasteiger partial charge >= 0.3 is 0 Å². The number of aliphatic hydroxyl groups is 1. The zero-order chi connectivity index (χ0) is 13.0. The maximum absolute atomic E-state index is 9.23. The van der Waals surface area contributed by atoms with E-state index in [4.69, 9.17) is 0 Å². The van der Waals surface area contributed by atoms with Gasteiger partial charge in [-0.3, -0.25) is 0 Å². The summed E-state index contributed by atoms with van der Waals surface area (Å²) in [4.78, 5) is 2.56. The van der Waals surface area contributed by atoms with Crippen molar-refractivity contribution in [3.8, 4) is 0 Å².